The smallest absolute Gasteiger partial charge is 0.289 e. The third-order valence-corrected chi connectivity index (χ3v) is 3.18. The van der Waals surface area contributed by atoms with Crippen molar-refractivity contribution in [1.82, 2.24) is 0 Å². The van der Waals surface area contributed by atoms with E-state index >= 15 is 0 Å². The maximum atomic E-state index is 11.5. The topological polar surface area (TPSA) is 96.0 Å². The van der Waals surface area contributed by atoms with Gasteiger partial charge >= 0.3 is 0 Å². The van der Waals surface area contributed by atoms with E-state index in [1.807, 2.05) is 18.2 Å². The first-order chi connectivity index (χ1) is 10.1. The highest BCUT2D eigenvalue weighted by Gasteiger charge is 2.12. The van der Waals surface area contributed by atoms with Crippen LogP contribution in [0.2, 0.25) is 0 Å². The summed E-state index contributed by atoms with van der Waals surface area (Å²) in [5.41, 5.74) is 8.74. The summed E-state index contributed by atoms with van der Waals surface area (Å²) in [5.74, 6) is -1.66. The molecule has 0 aliphatic carbocycles. The van der Waals surface area contributed by atoms with Crippen LogP contribution in [-0.4, -0.2) is 25.0 Å². The van der Waals surface area contributed by atoms with Crippen molar-refractivity contribution in [1.29, 1.82) is 5.41 Å². The molecule has 0 atom stereocenters. The number of hydrogen-bond acceptors (Lipinski definition) is 4. The Kier molecular flexibility index (Phi) is 4.13. The van der Waals surface area contributed by atoms with Gasteiger partial charge in [0.25, 0.3) is 5.91 Å². The zero-order chi connectivity index (χ0) is 15.4. The van der Waals surface area contributed by atoms with Crippen LogP contribution >= 0.6 is 0 Å². The molecule has 0 aromatic heterocycles. The van der Waals surface area contributed by atoms with Gasteiger partial charge in [-0.15, -0.1) is 0 Å². The number of Topliss-reactive ketones (excluding diaryl/α,β-unsaturated/α-hetero) is 1. The molecule has 0 aliphatic heterocycles. The highest BCUT2D eigenvalue weighted by molar-refractivity contribution is 6.42. The Hall–Kier alpha value is -2.95. The lowest BCUT2D eigenvalue weighted by molar-refractivity contribution is -0.114. The van der Waals surface area contributed by atoms with E-state index in [9.17, 15) is 9.59 Å². The molecule has 2 aromatic rings. The number of amides is 1. The summed E-state index contributed by atoms with van der Waals surface area (Å²) >= 11 is 0. The molecule has 0 saturated heterocycles. The Balaban J connectivity index is 2.37. The lowest BCUT2D eigenvalue weighted by atomic mass is 10.00. The van der Waals surface area contributed by atoms with E-state index in [0.717, 1.165) is 22.4 Å². The van der Waals surface area contributed by atoms with Gasteiger partial charge in [0.2, 0.25) is 5.78 Å². The van der Waals surface area contributed by atoms with E-state index in [1.165, 1.54) is 6.21 Å². The first-order valence-electron chi connectivity index (χ1n) is 6.33. The van der Waals surface area contributed by atoms with Crippen LogP contribution in [0.1, 0.15) is 15.9 Å². The van der Waals surface area contributed by atoms with E-state index in [1.54, 1.807) is 31.3 Å². The predicted octanol–water partition coefficient (Wildman–Crippen LogP) is 2.06. The van der Waals surface area contributed by atoms with Crippen LogP contribution in [0.4, 0.5) is 5.69 Å². The molecule has 0 heterocycles. The Labute approximate surface area is 122 Å². The van der Waals surface area contributed by atoms with Crippen molar-refractivity contribution in [3.8, 4) is 11.1 Å². The molecule has 5 nitrogen and oxygen atoms in total. The van der Waals surface area contributed by atoms with Gasteiger partial charge in [-0.3, -0.25) is 9.59 Å². The lowest BCUT2D eigenvalue weighted by Gasteiger charge is -2.09. The minimum Gasteiger partial charge on any atom is -0.388 e. The van der Waals surface area contributed by atoms with Crippen LogP contribution in [0.3, 0.4) is 0 Å². The monoisotopic (exact) mass is 281 g/mol. The zero-order valence-electron chi connectivity index (χ0n) is 11.5. The number of hydrogen-bond donors (Lipinski definition) is 3. The number of nitrogens with one attached hydrogen (secondary N) is 2. The van der Waals surface area contributed by atoms with Crippen LogP contribution in [0.15, 0.2) is 42.5 Å². The standard InChI is InChI=1S/C16H15N3O2/c1-19-14-8-12(6-7-13(14)9-17)10-2-4-11(5-3-10)15(20)16(18)21/h2-9,17,19H,1H3,(H2,18,21). The van der Waals surface area contributed by atoms with Gasteiger partial charge in [0.1, 0.15) is 0 Å². The first-order valence-corrected chi connectivity index (χ1v) is 6.33. The molecule has 1 amide bonds. The largest absolute Gasteiger partial charge is 0.388 e. The summed E-state index contributed by atoms with van der Waals surface area (Å²) in [5, 5.41) is 10.4. The van der Waals surface area contributed by atoms with Gasteiger partial charge < -0.3 is 16.5 Å². The van der Waals surface area contributed by atoms with Gasteiger partial charge in [0.05, 0.1) is 0 Å². The van der Waals surface area contributed by atoms with Crippen molar-refractivity contribution < 1.29 is 9.59 Å². The summed E-state index contributed by atoms with van der Waals surface area (Å²) in [4.78, 5) is 22.3. The number of nitrogens with two attached hydrogens (primary N) is 1. The number of ketones is 1. The van der Waals surface area contributed by atoms with Gasteiger partial charge in [0, 0.05) is 30.1 Å². The Morgan fingerprint density at radius 1 is 1.10 bits per heavy atom. The maximum Gasteiger partial charge on any atom is 0.289 e. The third kappa shape index (κ3) is 2.97. The fourth-order valence-electron chi connectivity index (χ4n) is 2.03. The molecule has 0 saturated carbocycles. The quantitative estimate of drug-likeness (QED) is 0.444. The van der Waals surface area contributed by atoms with Crippen molar-refractivity contribution in [2.24, 2.45) is 5.73 Å². The number of primary amides is 1. The highest BCUT2D eigenvalue weighted by Crippen LogP contribution is 2.25. The van der Waals surface area contributed by atoms with Crippen LogP contribution in [0.25, 0.3) is 11.1 Å². The lowest BCUT2D eigenvalue weighted by Crippen LogP contribution is -2.22. The summed E-state index contributed by atoms with van der Waals surface area (Å²) in [6.45, 7) is 0. The average Bonchev–Trinajstić information content (AvgIpc) is 2.53. The number of anilines is 1. The number of rotatable bonds is 5. The van der Waals surface area contributed by atoms with E-state index in [-0.39, 0.29) is 5.56 Å². The molecule has 0 aliphatic rings. The van der Waals surface area contributed by atoms with Crippen molar-refractivity contribution in [3.63, 3.8) is 0 Å². The van der Waals surface area contributed by atoms with Gasteiger partial charge in [-0.1, -0.05) is 36.4 Å². The van der Waals surface area contributed by atoms with Crippen molar-refractivity contribution in [2.75, 3.05) is 12.4 Å². The van der Waals surface area contributed by atoms with Crippen LogP contribution in [0, 0.1) is 5.41 Å². The summed E-state index contributed by atoms with van der Waals surface area (Å²) in [7, 11) is 1.79. The van der Waals surface area contributed by atoms with Gasteiger partial charge in [0.15, 0.2) is 0 Å². The first kappa shape index (κ1) is 14.5. The van der Waals surface area contributed by atoms with Crippen LogP contribution in [0.5, 0.6) is 0 Å². The summed E-state index contributed by atoms with van der Waals surface area (Å²) in [6.07, 6.45) is 1.28. The molecule has 4 N–H and O–H groups in total. The fraction of sp³-hybridized carbons (Fsp3) is 0.0625. The fourth-order valence-corrected chi connectivity index (χ4v) is 2.03. The van der Waals surface area contributed by atoms with Crippen molar-refractivity contribution in [3.05, 3.63) is 53.6 Å². The maximum absolute atomic E-state index is 11.5. The van der Waals surface area contributed by atoms with E-state index in [4.69, 9.17) is 11.1 Å². The molecule has 0 radical (unpaired) electrons. The highest BCUT2D eigenvalue weighted by atomic mass is 16.2. The Bertz CT molecular complexity index is 706. The average molecular weight is 281 g/mol. The molecule has 5 heteroatoms. The van der Waals surface area contributed by atoms with Crippen LogP contribution < -0.4 is 11.1 Å². The summed E-state index contributed by atoms with van der Waals surface area (Å²) in [6, 6.07) is 12.3. The van der Waals surface area contributed by atoms with Gasteiger partial charge in [-0.25, -0.2) is 0 Å². The molecule has 2 rings (SSSR count). The van der Waals surface area contributed by atoms with Gasteiger partial charge in [-0.2, -0.15) is 0 Å². The second-order valence-corrected chi connectivity index (χ2v) is 4.47. The van der Waals surface area contributed by atoms with Crippen LogP contribution in [-0.2, 0) is 4.79 Å². The molecule has 0 bridgehead atoms. The predicted molar refractivity (Wildman–Crippen MR) is 82.8 cm³/mol. The second-order valence-electron chi connectivity index (χ2n) is 4.47. The molecule has 0 spiro atoms. The molecule has 2 aromatic carbocycles. The normalized spacial score (nSPS) is 9.95. The number of benzene rings is 2. The molecular weight excluding hydrogens is 266 g/mol. The second kappa shape index (κ2) is 6.00. The van der Waals surface area contributed by atoms with Crippen molar-refractivity contribution in [2.45, 2.75) is 0 Å². The SMILES string of the molecule is CNc1cc(-c2ccc(C(=O)C(N)=O)cc2)ccc1C=N. The molecule has 0 unspecified atom stereocenters. The number of carbonyl (C=O) groups is 2. The van der Waals surface area contributed by atoms with E-state index in [2.05, 4.69) is 5.32 Å². The molecule has 0 fully saturated rings. The minimum absolute atomic E-state index is 0.274. The van der Waals surface area contributed by atoms with E-state index < -0.39 is 11.7 Å². The summed E-state index contributed by atoms with van der Waals surface area (Å²) < 4.78 is 0. The molecule has 106 valence electrons. The third-order valence-electron chi connectivity index (χ3n) is 3.18. The molecule has 21 heavy (non-hydrogen) atoms. The Morgan fingerprint density at radius 2 is 1.71 bits per heavy atom. The minimum atomic E-state index is -0.962. The van der Waals surface area contributed by atoms with Crippen molar-refractivity contribution >= 4 is 23.6 Å². The zero-order valence-corrected chi connectivity index (χ0v) is 11.5. The molecular formula is C16H15N3O2. The van der Waals surface area contributed by atoms with E-state index in [0.29, 0.717) is 0 Å². The van der Waals surface area contributed by atoms with Gasteiger partial charge in [-0.05, 0) is 17.2 Å². The number of carbonyl (C=O) groups excluding carboxylic acids is 2. The Morgan fingerprint density at radius 3 is 2.24 bits per heavy atom.